The molecule has 3 heteroatoms. The summed E-state index contributed by atoms with van der Waals surface area (Å²) in [6.07, 6.45) is 6.94. The van der Waals surface area contributed by atoms with Crippen LogP contribution in [0.5, 0.6) is 0 Å². The molecular weight excluding hydrogens is 188 g/mol. The van der Waals surface area contributed by atoms with Gasteiger partial charge in [-0.05, 0) is 19.3 Å². The highest BCUT2D eigenvalue weighted by Crippen LogP contribution is 2.25. The third kappa shape index (κ3) is 3.82. The van der Waals surface area contributed by atoms with Gasteiger partial charge in [-0.25, -0.2) is 0 Å². The smallest absolute Gasteiger partial charge is 0.225 e. The van der Waals surface area contributed by atoms with Crippen molar-refractivity contribution in [1.29, 1.82) is 0 Å². The lowest BCUT2D eigenvalue weighted by Gasteiger charge is -2.28. The van der Waals surface area contributed by atoms with Crippen molar-refractivity contribution >= 4 is 5.91 Å². The first-order valence-electron chi connectivity index (χ1n) is 6.28. The van der Waals surface area contributed by atoms with Gasteiger partial charge in [0, 0.05) is 25.6 Å². The van der Waals surface area contributed by atoms with Crippen LogP contribution in [0.3, 0.4) is 0 Å². The maximum Gasteiger partial charge on any atom is 0.225 e. The fourth-order valence-corrected chi connectivity index (χ4v) is 2.37. The second-order valence-electron chi connectivity index (χ2n) is 4.45. The molecule has 15 heavy (non-hydrogen) atoms. The van der Waals surface area contributed by atoms with E-state index in [4.69, 9.17) is 5.73 Å². The number of hydrogen-bond donors (Lipinski definition) is 1. The summed E-state index contributed by atoms with van der Waals surface area (Å²) >= 11 is 0. The molecule has 0 aromatic carbocycles. The van der Waals surface area contributed by atoms with Crippen molar-refractivity contribution < 1.29 is 4.79 Å². The van der Waals surface area contributed by atoms with Crippen LogP contribution < -0.4 is 5.73 Å². The van der Waals surface area contributed by atoms with Gasteiger partial charge in [-0.3, -0.25) is 4.79 Å². The maximum absolute atomic E-state index is 12.1. The fraction of sp³-hybridized carbons (Fsp3) is 0.917. The van der Waals surface area contributed by atoms with Crippen LogP contribution in [0.2, 0.25) is 0 Å². The summed E-state index contributed by atoms with van der Waals surface area (Å²) in [5, 5.41) is 0. The largest absolute Gasteiger partial charge is 0.341 e. The van der Waals surface area contributed by atoms with Crippen molar-refractivity contribution in [3.8, 4) is 0 Å². The molecule has 0 spiro atoms. The minimum absolute atomic E-state index is 0.289. The van der Waals surface area contributed by atoms with Crippen LogP contribution in [0.25, 0.3) is 0 Å². The Morgan fingerprint density at radius 3 is 2.47 bits per heavy atom. The Bertz CT molecular complexity index is 182. The van der Waals surface area contributed by atoms with Crippen molar-refractivity contribution in [3.63, 3.8) is 0 Å². The van der Waals surface area contributed by atoms with Gasteiger partial charge in [-0.1, -0.05) is 26.2 Å². The SMILES string of the molecule is CCCN(CCN)C(=O)C1CCCCC1. The summed E-state index contributed by atoms with van der Waals surface area (Å²) in [7, 11) is 0. The topological polar surface area (TPSA) is 46.3 Å². The second kappa shape index (κ2) is 6.83. The standard InChI is InChI=1S/C12H24N2O/c1-2-9-14(10-8-13)12(15)11-6-4-3-5-7-11/h11H,2-10,13H2,1H3. The van der Waals surface area contributed by atoms with E-state index in [-0.39, 0.29) is 5.92 Å². The molecule has 1 amide bonds. The summed E-state index contributed by atoms with van der Waals surface area (Å²) in [4.78, 5) is 14.1. The van der Waals surface area contributed by atoms with Crippen LogP contribution in [0.4, 0.5) is 0 Å². The maximum atomic E-state index is 12.1. The Balaban J connectivity index is 2.45. The zero-order valence-electron chi connectivity index (χ0n) is 9.87. The molecule has 0 aromatic rings. The first kappa shape index (κ1) is 12.5. The number of rotatable bonds is 5. The molecule has 0 aliphatic heterocycles. The van der Waals surface area contributed by atoms with Gasteiger partial charge in [0.1, 0.15) is 0 Å². The first-order valence-corrected chi connectivity index (χ1v) is 6.28. The zero-order valence-corrected chi connectivity index (χ0v) is 9.87. The summed E-state index contributed by atoms with van der Waals surface area (Å²) in [6.45, 7) is 4.28. The highest BCUT2D eigenvalue weighted by Gasteiger charge is 2.24. The van der Waals surface area contributed by atoms with E-state index in [1.807, 2.05) is 4.90 Å². The minimum atomic E-state index is 0.289. The molecule has 1 fully saturated rings. The van der Waals surface area contributed by atoms with Gasteiger partial charge in [0.25, 0.3) is 0 Å². The molecule has 2 N–H and O–H groups in total. The minimum Gasteiger partial charge on any atom is -0.341 e. The van der Waals surface area contributed by atoms with Gasteiger partial charge in [0.2, 0.25) is 5.91 Å². The van der Waals surface area contributed by atoms with Gasteiger partial charge in [0.05, 0.1) is 0 Å². The van der Waals surface area contributed by atoms with Crippen LogP contribution in [0, 0.1) is 5.92 Å². The lowest BCUT2D eigenvalue weighted by atomic mass is 9.88. The van der Waals surface area contributed by atoms with Gasteiger partial charge in [0.15, 0.2) is 0 Å². The third-order valence-electron chi connectivity index (χ3n) is 3.16. The lowest BCUT2D eigenvalue weighted by molar-refractivity contribution is -0.136. The van der Waals surface area contributed by atoms with E-state index < -0.39 is 0 Å². The number of carbonyl (C=O) groups excluding carboxylic acids is 1. The lowest BCUT2D eigenvalue weighted by Crippen LogP contribution is -2.40. The normalized spacial score (nSPS) is 17.7. The molecule has 0 atom stereocenters. The molecule has 0 saturated heterocycles. The monoisotopic (exact) mass is 212 g/mol. The van der Waals surface area contributed by atoms with Crippen LogP contribution in [0.1, 0.15) is 45.4 Å². The number of hydrogen-bond acceptors (Lipinski definition) is 2. The number of nitrogens with zero attached hydrogens (tertiary/aromatic N) is 1. The van der Waals surface area contributed by atoms with E-state index in [0.717, 1.165) is 32.4 Å². The Labute approximate surface area is 93.0 Å². The van der Waals surface area contributed by atoms with Gasteiger partial charge >= 0.3 is 0 Å². The van der Waals surface area contributed by atoms with Gasteiger partial charge < -0.3 is 10.6 Å². The first-order chi connectivity index (χ1) is 7.29. The van der Waals surface area contributed by atoms with Crippen molar-refractivity contribution in [1.82, 2.24) is 4.90 Å². The quantitative estimate of drug-likeness (QED) is 0.755. The predicted molar refractivity (Wildman–Crippen MR) is 62.5 cm³/mol. The van der Waals surface area contributed by atoms with Gasteiger partial charge in [-0.2, -0.15) is 0 Å². The van der Waals surface area contributed by atoms with E-state index in [1.165, 1.54) is 19.3 Å². The fourth-order valence-electron chi connectivity index (χ4n) is 2.37. The predicted octanol–water partition coefficient (Wildman–Crippen LogP) is 1.76. The molecule has 0 aromatic heterocycles. The summed E-state index contributed by atoms with van der Waals surface area (Å²) < 4.78 is 0. The van der Waals surface area contributed by atoms with E-state index >= 15 is 0 Å². The Kier molecular flexibility index (Phi) is 5.69. The molecular formula is C12H24N2O. The molecule has 1 rings (SSSR count). The van der Waals surface area contributed by atoms with Crippen LogP contribution in [-0.2, 0) is 4.79 Å². The second-order valence-corrected chi connectivity index (χ2v) is 4.45. The van der Waals surface area contributed by atoms with Gasteiger partial charge in [-0.15, -0.1) is 0 Å². The molecule has 3 nitrogen and oxygen atoms in total. The van der Waals surface area contributed by atoms with E-state index in [9.17, 15) is 4.79 Å². The van der Waals surface area contributed by atoms with Crippen LogP contribution in [-0.4, -0.2) is 30.4 Å². The summed E-state index contributed by atoms with van der Waals surface area (Å²) in [5.74, 6) is 0.638. The highest BCUT2D eigenvalue weighted by atomic mass is 16.2. The Hall–Kier alpha value is -0.570. The molecule has 88 valence electrons. The number of carbonyl (C=O) groups is 1. The molecule has 0 heterocycles. The molecule has 0 radical (unpaired) electrons. The third-order valence-corrected chi connectivity index (χ3v) is 3.16. The highest BCUT2D eigenvalue weighted by molar-refractivity contribution is 5.78. The average Bonchev–Trinajstić information content (AvgIpc) is 2.29. The van der Waals surface area contributed by atoms with Crippen molar-refractivity contribution in [2.45, 2.75) is 45.4 Å². The number of amides is 1. The number of nitrogens with two attached hydrogens (primary N) is 1. The van der Waals surface area contributed by atoms with Crippen molar-refractivity contribution in [2.24, 2.45) is 11.7 Å². The molecule has 0 unspecified atom stereocenters. The molecule has 0 bridgehead atoms. The van der Waals surface area contributed by atoms with Crippen molar-refractivity contribution in [3.05, 3.63) is 0 Å². The molecule has 1 aliphatic carbocycles. The summed E-state index contributed by atoms with van der Waals surface area (Å²) in [6, 6.07) is 0. The molecule has 1 saturated carbocycles. The van der Waals surface area contributed by atoms with Crippen LogP contribution >= 0.6 is 0 Å². The van der Waals surface area contributed by atoms with E-state index in [1.54, 1.807) is 0 Å². The average molecular weight is 212 g/mol. The van der Waals surface area contributed by atoms with E-state index in [0.29, 0.717) is 12.5 Å². The Morgan fingerprint density at radius 1 is 1.27 bits per heavy atom. The summed E-state index contributed by atoms with van der Waals surface area (Å²) in [5.41, 5.74) is 5.53. The van der Waals surface area contributed by atoms with E-state index in [2.05, 4.69) is 6.92 Å². The van der Waals surface area contributed by atoms with Crippen LogP contribution in [0.15, 0.2) is 0 Å². The van der Waals surface area contributed by atoms with Crippen molar-refractivity contribution in [2.75, 3.05) is 19.6 Å². The Morgan fingerprint density at radius 2 is 1.93 bits per heavy atom. The molecule has 1 aliphatic rings. The zero-order chi connectivity index (χ0) is 11.1.